The fraction of sp³-hybridized carbons (Fsp3) is 0.250. The normalized spacial score (nSPS) is 9.58. The average molecular weight is 165 g/mol. The Kier molecular flexibility index (Phi) is 2.40. The lowest BCUT2D eigenvalue weighted by Crippen LogP contribution is -2.23. The van der Waals surface area contributed by atoms with E-state index in [1.54, 1.807) is 6.07 Å². The molecule has 0 radical (unpaired) electrons. The van der Waals surface area contributed by atoms with Crippen LogP contribution in [0.5, 0.6) is 0 Å². The van der Waals surface area contributed by atoms with Gasteiger partial charge >= 0.3 is 0 Å². The van der Waals surface area contributed by atoms with Crippen molar-refractivity contribution in [3.8, 4) is 0 Å². The zero-order chi connectivity index (χ0) is 9.14. The summed E-state index contributed by atoms with van der Waals surface area (Å²) in [4.78, 5) is 10.1. The molecule has 4 heteroatoms. The van der Waals surface area contributed by atoms with Gasteiger partial charge in [-0.3, -0.25) is 0 Å². The van der Waals surface area contributed by atoms with Gasteiger partial charge in [-0.15, -0.1) is 4.91 Å². The Bertz CT molecular complexity index is 298. The summed E-state index contributed by atoms with van der Waals surface area (Å²) < 4.78 is 0. The Hall–Kier alpha value is -1.42. The minimum atomic E-state index is 0.605. The lowest BCUT2D eigenvalue weighted by atomic mass is 10.1. The number of nitroso groups, excluding NO2 is 1. The molecule has 0 saturated heterocycles. The van der Waals surface area contributed by atoms with E-state index in [2.05, 4.69) is 5.29 Å². The van der Waals surface area contributed by atoms with Gasteiger partial charge in [0.2, 0.25) is 0 Å². The lowest BCUT2D eigenvalue weighted by molar-refractivity contribution is 0.914. The lowest BCUT2D eigenvalue weighted by Gasteiger charge is -2.09. The van der Waals surface area contributed by atoms with Crippen LogP contribution in [-0.2, 0) is 0 Å². The van der Waals surface area contributed by atoms with Crippen LogP contribution in [0, 0.1) is 18.8 Å². The van der Waals surface area contributed by atoms with Crippen LogP contribution in [-0.4, -0.2) is 0 Å². The molecule has 12 heavy (non-hydrogen) atoms. The maximum Gasteiger partial charge on any atom is 0.0812 e. The summed E-state index contributed by atoms with van der Waals surface area (Å²) in [7, 11) is 0. The second-order valence-electron chi connectivity index (χ2n) is 2.69. The van der Waals surface area contributed by atoms with Crippen LogP contribution >= 0.6 is 0 Å². The van der Waals surface area contributed by atoms with E-state index >= 15 is 0 Å². The minimum Gasteiger partial charge on any atom is -0.224 e. The van der Waals surface area contributed by atoms with Crippen LogP contribution in [0.1, 0.15) is 11.1 Å². The first-order valence-corrected chi connectivity index (χ1v) is 3.60. The summed E-state index contributed by atoms with van der Waals surface area (Å²) in [5, 5.41) is 3.40. The Morgan fingerprint density at radius 2 is 2.00 bits per heavy atom. The number of benzene rings is 1. The molecular formula is C8H11N3O. The predicted molar refractivity (Wildman–Crippen MR) is 48.4 cm³/mol. The third kappa shape index (κ3) is 1.60. The van der Waals surface area contributed by atoms with Gasteiger partial charge in [0.05, 0.1) is 11.0 Å². The van der Waals surface area contributed by atoms with Crippen LogP contribution in [0.4, 0.5) is 5.69 Å². The van der Waals surface area contributed by atoms with Crippen molar-refractivity contribution in [2.45, 2.75) is 13.8 Å². The molecule has 0 aliphatic rings. The van der Waals surface area contributed by atoms with Gasteiger partial charge in [0, 0.05) is 0 Å². The first kappa shape index (κ1) is 8.67. The molecule has 1 aromatic rings. The molecule has 0 amide bonds. The largest absolute Gasteiger partial charge is 0.224 e. The zero-order valence-electron chi connectivity index (χ0n) is 7.11. The fourth-order valence-corrected chi connectivity index (χ4v) is 0.915. The molecule has 1 rings (SSSR count). The molecule has 0 aliphatic carbocycles. The molecule has 0 unspecified atom stereocenters. The quantitative estimate of drug-likeness (QED) is 0.412. The molecule has 0 aliphatic heterocycles. The van der Waals surface area contributed by atoms with E-state index in [4.69, 9.17) is 5.84 Å². The molecule has 0 atom stereocenters. The Morgan fingerprint density at radius 1 is 1.33 bits per heavy atom. The standard InChI is InChI=1S/C8H11N3O/c1-6-3-4-8(5-7(6)2)11(9)10-12/h3-5H,9H2,1-2H3. The van der Waals surface area contributed by atoms with E-state index in [1.165, 1.54) is 0 Å². The van der Waals surface area contributed by atoms with Crippen molar-refractivity contribution >= 4 is 5.69 Å². The number of hydrogen-bond acceptors (Lipinski definition) is 3. The number of hydrogen-bond donors (Lipinski definition) is 1. The third-order valence-electron chi connectivity index (χ3n) is 1.84. The van der Waals surface area contributed by atoms with Gasteiger partial charge in [0.15, 0.2) is 0 Å². The van der Waals surface area contributed by atoms with E-state index in [0.29, 0.717) is 5.69 Å². The summed E-state index contributed by atoms with van der Waals surface area (Å²) >= 11 is 0. The Balaban J connectivity index is 3.04. The average Bonchev–Trinajstić information content (AvgIpc) is 2.08. The summed E-state index contributed by atoms with van der Waals surface area (Å²) in [5.74, 6) is 5.27. The SMILES string of the molecule is Cc1ccc(N(N)N=O)cc1C. The molecule has 0 fully saturated rings. The number of nitrogens with two attached hydrogens (primary N) is 1. The molecule has 64 valence electrons. The van der Waals surface area contributed by atoms with Crippen molar-refractivity contribution in [2.75, 3.05) is 5.12 Å². The van der Waals surface area contributed by atoms with Gasteiger partial charge in [0.25, 0.3) is 0 Å². The third-order valence-corrected chi connectivity index (χ3v) is 1.84. The molecule has 0 spiro atoms. The summed E-state index contributed by atoms with van der Waals surface area (Å²) in [6.07, 6.45) is 0. The van der Waals surface area contributed by atoms with Gasteiger partial charge in [-0.2, -0.15) is 5.12 Å². The molecule has 0 bridgehead atoms. The predicted octanol–water partition coefficient (Wildman–Crippen LogP) is 1.66. The number of anilines is 1. The molecule has 2 N–H and O–H groups in total. The number of aryl methyl sites for hydroxylation is 2. The molecule has 0 aromatic heterocycles. The number of hydrazine groups is 1. The molecule has 0 saturated carbocycles. The highest BCUT2D eigenvalue weighted by molar-refractivity contribution is 5.48. The molecule has 4 nitrogen and oxygen atoms in total. The smallest absolute Gasteiger partial charge is 0.0812 e. The summed E-state index contributed by atoms with van der Waals surface area (Å²) in [6.45, 7) is 3.95. The van der Waals surface area contributed by atoms with Crippen molar-refractivity contribution in [1.29, 1.82) is 0 Å². The van der Waals surface area contributed by atoms with Gasteiger partial charge in [-0.1, -0.05) is 6.07 Å². The van der Waals surface area contributed by atoms with Gasteiger partial charge in [0.1, 0.15) is 0 Å². The first-order chi connectivity index (χ1) is 5.65. The van der Waals surface area contributed by atoms with Crippen molar-refractivity contribution in [2.24, 2.45) is 11.1 Å². The number of rotatable bonds is 2. The second-order valence-corrected chi connectivity index (χ2v) is 2.69. The topological polar surface area (TPSA) is 58.7 Å². The number of nitrogens with zero attached hydrogens (tertiary/aromatic N) is 2. The van der Waals surface area contributed by atoms with E-state index in [-0.39, 0.29) is 0 Å². The Morgan fingerprint density at radius 3 is 2.50 bits per heavy atom. The van der Waals surface area contributed by atoms with Crippen LogP contribution < -0.4 is 11.0 Å². The summed E-state index contributed by atoms with van der Waals surface area (Å²) in [6, 6.07) is 5.47. The van der Waals surface area contributed by atoms with Crippen molar-refractivity contribution in [1.82, 2.24) is 0 Å². The maximum atomic E-state index is 10.1. The van der Waals surface area contributed by atoms with Crippen molar-refractivity contribution in [3.63, 3.8) is 0 Å². The maximum absolute atomic E-state index is 10.1. The highest BCUT2D eigenvalue weighted by atomic mass is 16.3. The fourth-order valence-electron chi connectivity index (χ4n) is 0.915. The van der Waals surface area contributed by atoms with Crippen LogP contribution in [0.15, 0.2) is 23.5 Å². The zero-order valence-corrected chi connectivity index (χ0v) is 7.11. The Labute approximate surface area is 70.9 Å². The summed E-state index contributed by atoms with van der Waals surface area (Å²) in [5.41, 5.74) is 2.86. The van der Waals surface area contributed by atoms with Gasteiger partial charge < -0.3 is 0 Å². The van der Waals surface area contributed by atoms with Crippen LogP contribution in [0.2, 0.25) is 0 Å². The van der Waals surface area contributed by atoms with E-state index in [0.717, 1.165) is 16.2 Å². The molecular weight excluding hydrogens is 154 g/mol. The molecule has 1 aromatic carbocycles. The van der Waals surface area contributed by atoms with E-state index in [9.17, 15) is 4.91 Å². The van der Waals surface area contributed by atoms with E-state index < -0.39 is 0 Å². The van der Waals surface area contributed by atoms with Gasteiger partial charge in [-0.25, -0.2) is 5.84 Å². The minimum absolute atomic E-state index is 0.605. The van der Waals surface area contributed by atoms with Crippen LogP contribution in [0.3, 0.4) is 0 Å². The highest BCUT2D eigenvalue weighted by Gasteiger charge is 2.01. The van der Waals surface area contributed by atoms with Crippen LogP contribution in [0.25, 0.3) is 0 Å². The second kappa shape index (κ2) is 3.32. The van der Waals surface area contributed by atoms with Gasteiger partial charge in [-0.05, 0) is 37.1 Å². The van der Waals surface area contributed by atoms with E-state index in [1.807, 2.05) is 26.0 Å². The van der Waals surface area contributed by atoms with Crippen molar-refractivity contribution < 1.29 is 0 Å². The molecule has 0 heterocycles. The highest BCUT2D eigenvalue weighted by Crippen LogP contribution is 2.16. The monoisotopic (exact) mass is 165 g/mol. The first-order valence-electron chi connectivity index (χ1n) is 3.60. The van der Waals surface area contributed by atoms with Crippen molar-refractivity contribution in [3.05, 3.63) is 34.2 Å².